The summed E-state index contributed by atoms with van der Waals surface area (Å²) in [7, 11) is -4.09. The fourth-order valence-corrected chi connectivity index (χ4v) is 3.26. The van der Waals surface area contributed by atoms with Crippen molar-refractivity contribution in [2.45, 2.75) is 25.5 Å². The van der Waals surface area contributed by atoms with Crippen molar-refractivity contribution in [3.63, 3.8) is 0 Å². The zero-order valence-electron chi connectivity index (χ0n) is 9.77. The highest BCUT2D eigenvalue weighted by molar-refractivity contribution is 7.89. The molecule has 0 aromatic rings. The minimum Gasteiger partial charge on any atom is -0.480 e. The lowest BCUT2D eigenvalue weighted by atomic mass is 10.2. The highest BCUT2D eigenvalue weighted by Gasteiger charge is 2.43. The second kappa shape index (κ2) is 5.63. The molecule has 0 aliphatic carbocycles. The number of β-amino-alcohol motifs (C(OH)–C–C–N with tert-alkyl or cyclic N) is 1. The fraction of sp³-hybridized carbons (Fsp3) is 0.778. The number of aliphatic hydroxyl groups is 1. The third kappa shape index (κ3) is 3.40. The first-order valence-electron chi connectivity index (χ1n) is 5.34. The van der Waals surface area contributed by atoms with E-state index in [0.29, 0.717) is 4.31 Å². The lowest BCUT2D eigenvalue weighted by molar-refractivity contribution is -0.142. The van der Waals surface area contributed by atoms with E-state index < -0.39 is 39.9 Å². The molecular weight excluding hydrogens is 266 g/mol. The minimum atomic E-state index is -4.09. The molecule has 8 nitrogen and oxygen atoms in total. The van der Waals surface area contributed by atoms with Crippen LogP contribution in [0.1, 0.15) is 13.3 Å². The number of nitrogens with zero attached hydrogens (tertiary/aromatic N) is 1. The van der Waals surface area contributed by atoms with Crippen LogP contribution in [0.3, 0.4) is 0 Å². The third-order valence-electron chi connectivity index (χ3n) is 2.48. The first kappa shape index (κ1) is 14.9. The van der Waals surface area contributed by atoms with Gasteiger partial charge in [0.05, 0.1) is 12.7 Å². The molecule has 1 fully saturated rings. The number of rotatable bonds is 5. The van der Waals surface area contributed by atoms with Crippen molar-refractivity contribution in [1.29, 1.82) is 0 Å². The third-order valence-corrected chi connectivity index (χ3v) is 4.20. The maximum absolute atomic E-state index is 11.8. The molecule has 2 N–H and O–H groups in total. The number of carboxylic acid groups (broad SMARTS) is 1. The van der Waals surface area contributed by atoms with E-state index in [1.54, 1.807) is 0 Å². The van der Waals surface area contributed by atoms with E-state index in [9.17, 15) is 23.1 Å². The summed E-state index contributed by atoms with van der Waals surface area (Å²) in [5, 5.41) is 18.2. The zero-order chi connectivity index (χ0) is 13.9. The van der Waals surface area contributed by atoms with E-state index in [1.165, 1.54) is 6.92 Å². The number of aliphatic carboxylic acids is 1. The summed E-state index contributed by atoms with van der Waals surface area (Å²) < 4.78 is 28.8. The van der Waals surface area contributed by atoms with Crippen molar-refractivity contribution in [3.05, 3.63) is 0 Å². The van der Waals surface area contributed by atoms with Crippen LogP contribution in [-0.4, -0.2) is 65.9 Å². The van der Waals surface area contributed by atoms with Gasteiger partial charge in [-0.3, -0.25) is 9.59 Å². The number of carbonyl (C=O) groups excluding carboxylic acids is 1. The molecule has 0 aromatic heterocycles. The minimum absolute atomic E-state index is 0.0410. The van der Waals surface area contributed by atoms with Crippen LogP contribution in [0.15, 0.2) is 0 Å². The molecule has 0 amide bonds. The Kier molecular flexibility index (Phi) is 4.65. The summed E-state index contributed by atoms with van der Waals surface area (Å²) in [6, 6.07) is -1.33. The van der Waals surface area contributed by atoms with Crippen LogP contribution in [0.2, 0.25) is 0 Å². The highest BCUT2D eigenvalue weighted by Crippen LogP contribution is 2.22. The highest BCUT2D eigenvalue weighted by atomic mass is 32.2. The topological polar surface area (TPSA) is 121 Å². The Labute approximate surface area is 104 Å². The maximum Gasteiger partial charge on any atom is 0.322 e. The van der Waals surface area contributed by atoms with Crippen molar-refractivity contribution in [2.75, 3.05) is 18.9 Å². The molecule has 0 saturated carbocycles. The number of aliphatic hydroxyl groups excluding tert-OH is 1. The zero-order valence-corrected chi connectivity index (χ0v) is 10.6. The van der Waals surface area contributed by atoms with E-state index >= 15 is 0 Å². The van der Waals surface area contributed by atoms with Gasteiger partial charge >= 0.3 is 11.9 Å². The molecule has 1 aliphatic rings. The number of hydrogen-bond donors (Lipinski definition) is 2. The number of sulfonamides is 1. The van der Waals surface area contributed by atoms with Gasteiger partial charge < -0.3 is 14.9 Å². The van der Waals surface area contributed by atoms with Crippen molar-refractivity contribution >= 4 is 22.0 Å². The van der Waals surface area contributed by atoms with E-state index in [1.807, 2.05) is 0 Å². The molecule has 0 spiro atoms. The summed E-state index contributed by atoms with van der Waals surface area (Å²) in [6.07, 6.45) is -1.22. The van der Waals surface area contributed by atoms with Crippen molar-refractivity contribution in [3.8, 4) is 0 Å². The van der Waals surface area contributed by atoms with Crippen LogP contribution in [0.25, 0.3) is 0 Å². The lowest BCUT2D eigenvalue weighted by Gasteiger charge is -2.19. The van der Waals surface area contributed by atoms with Gasteiger partial charge in [-0.05, 0) is 6.92 Å². The largest absolute Gasteiger partial charge is 0.480 e. The fourth-order valence-electron chi connectivity index (χ4n) is 1.75. The van der Waals surface area contributed by atoms with Crippen molar-refractivity contribution < 1.29 is 33.0 Å². The molecule has 0 radical (unpaired) electrons. The summed E-state index contributed by atoms with van der Waals surface area (Å²) in [6.45, 7) is 1.25. The van der Waals surface area contributed by atoms with Gasteiger partial charge in [-0.15, -0.1) is 0 Å². The molecule has 1 heterocycles. The molecule has 1 aliphatic heterocycles. The van der Waals surface area contributed by atoms with Gasteiger partial charge in [-0.1, -0.05) is 0 Å². The number of hydrogen-bond acceptors (Lipinski definition) is 6. The quantitative estimate of drug-likeness (QED) is 0.582. The summed E-state index contributed by atoms with van der Waals surface area (Å²) in [4.78, 5) is 22.0. The molecule has 0 bridgehead atoms. The van der Waals surface area contributed by atoms with E-state index in [4.69, 9.17) is 5.11 Å². The first-order chi connectivity index (χ1) is 8.27. The Morgan fingerprint density at radius 3 is 2.56 bits per heavy atom. The maximum atomic E-state index is 11.8. The molecule has 9 heteroatoms. The van der Waals surface area contributed by atoms with Gasteiger partial charge in [0.25, 0.3) is 0 Å². The Morgan fingerprint density at radius 1 is 1.44 bits per heavy atom. The second-order valence-corrected chi connectivity index (χ2v) is 5.80. The van der Waals surface area contributed by atoms with Gasteiger partial charge in [-0.25, -0.2) is 8.42 Å². The standard InChI is InChI=1S/C9H15NO7S/c1-2-17-8(12)5-18(15,16)10-4-6(11)3-7(10)9(13)14/h6-7,11H,2-5H2,1H3,(H,13,14)/t6-,7+/m1/s1. The number of carbonyl (C=O) groups is 2. The Balaban J connectivity index is 2.83. The van der Waals surface area contributed by atoms with Gasteiger partial charge in [0.15, 0.2) is 5.75 Å². The molecule has 1 saturated heterocycles. The van der Waals surface area contributed by atoms with Crippen LogP contribution in [-0.2, 0) is 24.3 Å². The van der Waals surface area contributed by atoms with Crippen LogP contribution < -0.4 is 0 Å². The number of ether oxygens (including phenoxy) is 1. The molecule has 2 atom stereocenters. The number of esters is 1. The average molecular weight is 281 g/mol. The first-order valence-corrected chi connectivity index (χ1v) is 6.95. The average Bonchev–Trinajstić information content (AvgIpc) is 2.60. The Bertz CT molecular complexity index is 432. The molecule has 18 heavy (non-hydrogen) atoms. The molecule has 104 valence electrons. The molecular formula is C9H15NO7S. The molecule has 0 unspecified atom stereocenters. The van der Waals surface area contributed by atoms with Crippen LogP contribution in [0.5, 0.6) is 0 Å². The van der Waals surface area contributed by atoms with Crippen LogP contribution >= 0.6 is 0 Å². The van der Waals surface area contributed by atoms with Gasteiger partial charge in [0.2, 0.25) is 10.0 Å². The number of carboxylic acids is 1. The lowest BCUT2D eigenvalue weighted by Crippen LogP contribution is -2.43. The predicted octanol–water partition coefficient (Wildman–Crippen LogP) is -1.60. The SMILES string of the molecule is CCOC(=O)CS(=O)(=O)N1C[C@H](O)C[C@H]1C(=O)O. The van der Waals surface area contributed by atoms with Gasteiger partial charge in [-0.2, -0.15) is 4.31 Å². The normalized spacial score (nSPS) is 25.0. The predicted molar refractivity (Wildman–Crippen MR) is 59.2 cm³/mol. The van der Waals surface area contributed by atoms with E-state index in [-0.39, 0.29) is 19.6 Å². The van der Waals surface area contributed by atoms with E-state index in [0.717, 1.165) is 0 Å². The van der Waals surface area contributed by atoms with Gasteiger partial charge in [0, 0.05) is 13.0 Å². The van der Waals surface area contributed by atoms with Gasteiger partial charge in [0.1, 0.15) is 6.04 Å². The van der Waals surface area contributed by atoms with Crippen LogP contribution in [0, 0.1) is 0 Å². The monoisotopic (exact) mass is 281 g/mol. The summed E-state index contributed by atoms with van der Waals surface area (Å²) >= 11 is 0. The summed E-state index contributed by atoms with van der Waals surface area (Å²) in [5.74, 6) is -3.21. The molecule has 1 rings (SSSR count). The smallest absolute Gasteiger partial charge is 0.322 e. The van der Waals surface area contributed by atoms with Crippen molar-refractivity contribution in [1.82, 2.24) is 4.31 Å². The second-order valence-electron chi connectivity index (χ2n) is 3.87. The summed E-state index contributed by atoms with van der Waals surface area (Å²) in [5.41, 5.74) is 0. The Hall–Kier alpha value is -1.19. The Morgan fingerprint density at radius 2 is 2.06 bits per heavy atom. The van der Waals surface area contributed by atoms with E-state index in [2.05, 4.69) is 4.74 Å². The van der Waals surface area contributed by atoms with Crippen molar-refractivity contribution in [2.24, 2.45) is 0 Å². The van der Waals surface area contributed by atoms with Crippen LogP contribution in [0.4, 0.5) is 0 Å². The molecule has 0 aromatic carbocycles.